The van der Waals surface area contributed by atoms with Crippen molar-refractivity contribution in [2.45, 2.75) is 51.5 Å². The molecular formula is C19H25Cl2N3OS. The van der Waals surface area contributed by atoms with Gasteiger partial charge in [0.05, 0.1) is 12.5 Å². The van der Waals surface area contributed by atoms with Crippen molar-refractivity contribution in [3.8, 4) is 0 Å². The number of carbonyl (C=O) groups excluding carboxylic acids is 1. The summed E-state index contributed by atoms with van der Waals surface area (Å²) in [6, 6.07) is 6.00. The van der Waals surface area contributed by atoms with Gasteiger partial charge in [0.25, 0.3) is 0 Å². The van der Waals surface area contributed by atoms with Crippen molar-refractivity contribution in [3.05, 3.63) is 44.7 Å². The molecule has 3 rings (SSSR count). The van der Waals surface area contributed by atoms with E-state index < -0.39 is 0 Å². The average Bonchev–Trinajstić information content (AvgIpc) is 2.92. The van der Waals surface area contributed by atoms with Crippen LogP contribution in [-0.2, 0) is 18.3 Å². The topological polar surface area (TPSA) is 46.4 Å². The van der Waals surface area contributed by atoms with Crippen molar-refractivity contribution in [2.24, 2.45) is 12.0 Å². The Bertz CT molecular complexity index is 822. The van der Waals surface area contributed by atoms with E-state index in [1.807, 2.05) is 36.1 Å². The number of thiazole rings is 1. The highest BCUT2D eigenvalue weighted by atomic mass is 35.5. The monoisotopic (exact) mass is 413 g/mol. The molecule has 1 N–H and O–H groups in total. The third-order valence-corrected chi connectivity index (χ3v) is 6.07. The van der Waals surface area contributed by atoms with Gasteiger partial charge in [0, 0.05) is 28.8 Å². The Morgan fingerprint density at radius 1 is 1.35 bits per heavy atom. The predicted molar refractivity (Wildman–Crippen MR) is 111 cm³/mol. The molecule has 1 aromatic carbocycles. The number of anilines is 1. The van der Waals surface area contributed by atoms with Crippen LogP contribution in [0.2, 0.25) is 5.02 Å². The maximum atomic E-state index is 12.3. The molecule has 0 bridgehead atoms. The number of hydrogen-bond donors (Lipinski definition) is 1. The average molecular weight is 414 g/mol. The summed E-state index contributed by atoms with van der Waals surface area (Å²) in [7, 11) is 1.99. The summed E-state index contributed by atoms with van der Waals surface area (Å²) in [5, 5.41) is 5.60. The van der Waals surface area contributed by atoms with Gasteiger partial charge in [-0.15, -0.1) is 23.7 Å². The van der Waals surface area contributed by atoms with Gasteiger partial charge in [-0.05, 0) is 37.5 Å². The minimum atomic E-state index is -0.0439. The fourth-order valence-electron chi connectivity index (χ4n) is 3.09. The van der Waals surface area contributed by atoms with E-state index in [0.29, 0.717) is 17.5 Å². The molecule has 0 radical (unpaired) electrons. The van der Waals surface area contributed by atoms with Crippen molar-refractivity contribution in [2.75, 3.05) is 5.32 Å². The number of benzene rings is 1. The Morgan fingerprint density at radius 2 is 2.08 bits per heavy atom. The molecule has 1 amide bonds. The molecule has 0 saturated heterocycles. The number of rotatable bonds is 4. The zero-order valence-electron chi connectivity index (χ0n) is 15.1. The van der Waals surface area contributed by atoms with E-state index in [1.54, 1.807) is 17.4 Å². The Hall–Kier alpha value is -1.30. The van der Waals surface area contributed by atoms with Gasteiger partial charge >= 0.3 is 0 Å². The van der Waals surface area contributed by atoms with Crippen LogP contribution < -0.4 is 10.1 Å². The molecule has 2 aromatic rings. The molecule has 1 aromatic heterocycles. The molecule has 0 atom stereocenters. The standard InChI is InChI=1S/C19H24ClN3OS.ClH/c1-13-8-9-15(10-17(13)20)21-18(24)11-16-12-25-19(23(16)2)22-14-6-4-3-5-7-14;/h8-10,12,14H,3-7,11H2,1-2H3,(H,21,24);1H. The maximum Gasteiger partial charge on any atom is 0.230 e. The van der Waals surface area contributed by atoms with E-state index in [1.165, 1.54) is 32.1 Å². The molecule has 1 fully saturated rings. The molecule has 1 heterocycles. The number of nitrogens with one attached hydrogen (secondary N) is 1. The quantitative estimate of drug-likeness (QED) is 0.761. The van der Waals surface area contributed by atoms with Crippen molar-refractivity contribution in [1.29, 1.82) is 0 Å². The molecule has 26 heavy (non-hydrogen) atoms. The number of carbonyl (C=O) groups is 1. The summed E-state index contributed by atoms with van der Waals surface area (Å²) in [5.41, 5.74) is 2.71. The second-order valence-corrected chi connectivity index (χ2v) is 7.92. The van der Waals surface area contributed by atoms with Crippen LogP contribution in [-0.4, -0.2) is 16.5 Å². The summed E-state index contributed by atoms with van der Waals surface area (Å²) < 4.78 is 2.04. The van der Waals surface area contributed by atoms with E-state index in [-0.39, 0.29) is 18.3 Å². The highest BCUT2D eigenvalue weighted by Crippen LogP contribution is 2.21. The lowest BCUT2D eigenvalue weighted by atomic mass is 9.96. The summed E-state index contributed by atoms with van der Waals surface area (Å²) >= 11 is 7.73. The number of aryl methyl sites for hydroxylation is 1. The van der Waals surface area contributed by atoms with Crippen molar-refractivity contribution >= 4 is 46.9 Å². The van der Waals surface area contributed by atoms with E-state index in [2.05, 4.69) is 5.32 Å². The summed E-state index contributed by atoms with van der Waals surface area (Å²) in [6.07, 6.45) is 6.58. The first-order valence-electron chi connectivity index (χ1n) is 8.76. The van der Waals surface area contributed by atoms with Crippen LogP contribution in [0, 0.1) is 6.92 Å². The van der Waals surface area contributed by atoms with Crippen LogP contribution in [0.1, 0.15) is 43.4 Å². The Kier molecular flexibility index (Phi) is 7.74. The first-order valence-corrected chi connectivity index (χ1v) is 10.0. The first-order chi connectivity index (χ1) is 12.0. The zero-order chi connectivity index (χ0) is 17.8. The second kappa shape index (κ2) is 9.58. The number of amides is 1. The van der Waals surface area contributed by atoms with Crippen molar-refractivity contribution in [3.63, 3.8) is 0 Å². The second-order valence-electron chi connectivity index (χ2n) is 6.68. The van der Waals surface area contributed by atoms with Gasteiger partial charge in [-0.25, -0.2) is 0 Å². The van der Waals surface area contributed by atoms with Crippen LogP contribution >= 0.6 is 35.3 Å². The first kappa shape index (κ1) is 21.0. The van der Waals surface area contributed by atoms with Gasteiger partial charge in [-0.2, -0.15) is 0 Å². The molecule has 0 unspecified atom stereocenters. The fraction of sp³-hybridized carbons (Fsp3) is 0.474. The molecule has 0 aliphatic heterocycles. The lowest BCUT2D eigenvalue weighted by molar-refractivity contribution is -0.115. The van der Waals surface area contributed by atoms with Gasteiger partial charge < -0.3 is 9.88 Å². The van der Waals surface area contributed by atoms with Gasteiger partial charge in [0.2, 0.25) is 5.91 Å². The van der Waals surface area contributed by atoms with Crippen LogP contribution in [0.3, 0.4) is 0 Å². The Labute approximate surface area is 169 Å². The molecule has 1 aliphatic rings. The number of nitrogens with zero attached hydrogens (tertiary/aromatic N) is 2. The minimum absolute atomic E-state index is 0. The normalized spacial score (nSPS) is 15.6. The van der Waals surface area contributed by atoms with Crippen LogP contribution in [0.4, 0.5) is 5.69 Å². The largest absolute Gasteiger partial charge is 0.326 e. The van der Waals surface area contributed by atoms with Crippen molar-refractivity contribution in [1.82, 2.24) is 4.57 Å². The van der Waals surface area contributed by atoms with Crippen LogP contribution in [0.5, 0.6) is 0 Å². The lowest BCUT2D eigenvalue weighted by Gasteiger charge is -2.16. The molecule has 4 nitrogen and oxygen atoms in total. The smallest absolute Gasteiger partial charge is 0.230 e. The van der Waals surface area contributed by atoms with Gasteiger partial charge in [-0.3, -0.25) is 9.79 Å². The Balaban J connectivity index is 0.00000243. The molecule has 142 valence electrons. The van der Waals surface area contributed by atoms with Crippen LogP contribution in [0.15, 0.2) is 28.6 Å². The van der Waals surface area contributed by atoms with Crippen LogP contribution in [0.25, 0.3) is 0 Å². The third-order valence-electron chi connectivity index (χ3n) is 4.68. The minimum Gasteiger partial charge on any atom is -0.326 e. The maximum absolute atomic E-state index is 12.3. The molecule has 0 spiro atoms. The SMILES string of the molecule is Cc1ccc(NC(=O)Cc2csc(=NC3CCCCC3)n2C)cc1Cl.Cl. The van der Waals surface area contributed by atoms with Gasteiger partial charge in [0.1, 0.15) is 0 Å². The number of halogens is 2. The van der Waals surface area contributed by atoms with Gasteiger partial charge in [0.15, 0.2) is 4.80 Å². The fourth-order valence-corrected chi connectivity index (χ4v) is 4.23. The van der Waals surface area contributed by atoms with E-state index in [4.69, 9.17) is 16.6 Å². The number of aromatic nitrogens is 1. The summed E-state index contributed by atoms with van der Waals surface area (Å²) in [5.74, 6) is -0.0439. The highest BCUT2D eigenvalue weighted by molar-refractivity contribution is 7.07. The molecule has 1 saturated carbocycles. The summed E-state index contributed by atoms with van der Waals surface area (Å²) in [6.45, 7) is 1.94. The summed E-state index contributed by atoms with van der Waals surface area (Å²) in [4.78, 5) is 18.2. The third kappa shape index (κ3) is 5.35. The lowest BCUT2D eigenvalue weighted by Crippen LogP contribution is -2.22. The van der Waals surface area contributed by atoms with E-state index >= 15 is 0 Å². The Morgan fingerprint density at radius 3 is 2.77 bits per heavy atom. The molecular weight excluding hydrogens is 389 g/mol. The van der Waals surface area contributed by atoms with E-state index in [0.717, 1.165) is 21.7 Å². The van der Waals surface area contributed by atoms with E-state index in [9.17, 15) is 4.79 Å². The van der Waals surface area contributed by atoms with Gasteiger partial charge in [-0.1, -0.05) is 36.9 Å². The number of hydrogen-bond acceptors (Lipinski definition) is 3. The molecule has 7 heteroatoms. The highest BCUT2D eigenvalue weighted by Gasteiger charge is 2.13. The molecule has 1 aliphatic carbocycles. The zero-order valence-corrected chi connectivity index (χ0v) is 17.5. The van der Waals surface area contributed by atoms with Crippen molar-refractivity contribution < 1.29 is 4.79 Å². The predicted octanol–water partition coefficient (Wildman–Crippen LogP) is 4.88.